The number of aromatic nitrogens is 3. The van der Waals surface area contributed by atoms with Gasteiger partial charge in [0.1, 0.15) is 12.2 Å². The number of benzene rings is 1. The molecule has 2 rings (SSSR count). The Morgan fingerprint density at radius 3 is 2.87 bits per heavy atom. The molecular formula is C14H15F3N4O2. The van der Waals surface area contributed by atoms with Crippen molar-refractivity contribution in [2.75, 3.05) is 11.9 Å². The maximum atomic E-state index is 12.6. The zero-order valence-electron chi connectivity index (χ0n) is 12.3. The number of nitrogens with one attached hydrogen (secondary N) is 2. The molecule has 0 aliphatic carbocycles. The lowest BCUT2D eigenvalue weighted by Crippen LogP contribution is -2.09. The molecule has 0 amide bonds. The highest BCUT2D eigenvalue weighted by Gasteiger charge is 2.30. The summed E-state index contributed by atoms with van der Waals surface area (Å²) in [5.74, 6) is 0.231. The van der Waals surface area contributed by atoms with Crippen molar-refractivity contribution in [3.8, 4) is 0 Å². The SMILES string of the molecule is CCOC(=O)Cc1n[nH]c(CNc2cccc(C(F)(F)F)c2)n1. The van der Waals surface area contributed by atoms with Gasteiger partial charge in [-0.2, -0.15) is 18.3 Å². The van der Waals surface area contributed by atoms with Gasteiger partial charge in [0.15, 0.2) is 5.82 Å². The van der Waals surface area contributed by atoms with Crippen molar-refractivity contribution in [1.82, 2.24) is 15.2 Å². The molecule has 0 unspecified atom stereocenters. The summed E-state index contributed by atoms with van der Waals surface area (Å²) in [5, 5.41) is 9.28. The summed E-state index contributed by atoms with van der Waals surface area (Å²) < 4.78 is 42.6. The van der Waals surface area contributed by atoms with Crippen LogP contribution in [-0.2, 0) is 28.7 Å². The molecule has 0 aliphatic rings. The van der Waals surface area contributed by atoms with Crippen LogP contribution in [-0.4, -0.2) is 27.8 Å². The van der Waals surface area contributed by atoms with E-state index in [1.807, 2.05) is 0 Å². The monoisotopic (exact) mass is 328 g/mol. The van der Waals surface area contributed by atoms with Gasteiger partial charge in [-0.15, -0.1) is 0 Å². The minimum Gasteiger partial charge on any atom is -0.466 e. The Labute approximate surface area is 130 Å². The summed E-state index contributed by atoms with van der Waals surface area (Å²) in [6.07, 6.45) is -4.45. The number of ether oxygens (including phenoxy) is 1. The summed E-state index contributed by atoms with van der Waals surface area (Å²) in [7, 11) is 0. The van der Waals surface area contributed by atoms with Gasteiger partial charge in [-0.1, -0.05) is 6.07 Å². The van der Waals surface area contributed by atoms with E-state index in [0.717, 1.165) is 12.1 Å². The van der Waals surface area contributed by atoms with Gasteiger partial charge in [0, 0.05) is 5.69 Å². The Morgan fingerprint density at radius 1 is 1.39 bits per heavy atom. The minimum atomic E-state index is -4.39. The number of alkyl halides is 3. The molecule has 124 valence electrons. The minimum absolute atomic E-state index is 0.0616. The van der Waals surface area contributed by atoms with E-state index < -0.39 is 17.7 Å². The average molecular weight is 328 g/mol. The van der Waals surface area contributed by atoms with Crippen LogP contribution >= 0.6 is 0 Å². The van der Waals surface area contributed by atoms with Gasteiger partial charge < -0.3 is 10.1 Å². The van der Waals surface area contributed by atoms with Crippen molar-refractivity contribution in [3.63, 3.8) is 0 Å². The molecule has 23 heavy (non-hydrogen) atoms. The van der Waals surface area contributed by atoms with Crippen molar-refractivity contribution in [2.24, 2.45) is 0 Å². The molecule has 0 saturated carbocycles. The molecule has 1 heterocycles. The van der Waals surface area contributed by atoms with Gasteiger partial charge in [0.05, 0.1) is 18.7 Å². The largest absolute Gasteiger partial charge is 0.466 e. The van der Waals surface area contributed by atoms with Crippen molar-refractivity contribution in [2.45, 2.75) is 26.1 Å². The number of hydrogen-bond donors (Lipinski definition) is 2. The zero-order valence-corrected chi connectivity index (χ0v) is 12.3. The highest BCUT2D eigenvalue weighted by Crippen LogP contribution is 2.30. The molecule has 0 aliphatic heterocycles. The molecule has 1 aromatic carbocycles. The number of esters is 1. The molecule has 1 aromatic heterocycles. The van der Waals surface area contributed by atoms with Gasteiger partial charge in [-0.3, -0.25) is 9.89 Å². The topological polar surface area (TPSA) is 79.9 Å². The van der Waals surface area contributed by atoms with Gasteiger partial charge in [-0.25, -0.2) is 4.98 Å². The quantitative estimate of drug-likeness (QED) is 0.797. The summed E-state index contributed by atoms with van der Waals surface area (Å²) in [6.45, 7) is 2.12. The van der Waals surface area contributed by atoms with Crippen LogP contribution in [0.2, 0.25) is 0 Å². The normalized spacial score (nSPS) is 11.3. The van der Waals surface area contributed by atoms with Crippen LogP contribution in [0.25, 0.3) is 0 Å². The second-order valence-corrected chi connectivity index (χ2v) is 4.61. The van der Waals surface area contributed by atoms with Crippen molar-refractivity contribution >= 4 is 11.7 Å². The van der Waals surface area contributed by atoms with Crippen LogP contribution in [0.4, 0.5) is 18.9 Å². The van der Waals surface area contributed by atoms with Crippen LogP contribution in [0.3, 0.4) is 0 Å². The second kappa shape index (κ2) is 7.12. The van der Waals surface area contributed by atoms with E-state index in [2.05, 4.69) is 20.5 Å². The Hall–Kier alpha value is -2.58. The number of rotatable bonds is 6. The fraction of sp³-hybridized carbons (Fsp3) is 0.357. The molecule has 0 fully saturated rings. The molecule has 2 N–H and O–H groups in total. The van der Waals surface area contributed by atoms with Crippen molar-refractivity contribution < 1.29 is 22.7 Å². The van der Waals surface area contributed by atoms with Crippen molar-refractivity contribution in [1.29, 1.82) is 0 Å². The number of carbonyl (C=O) groups excluding carboxylic acids is 1. The lowest BCUT2D eigenvalue weighted by atomic mass is 10.2. The smallest absolute Gasteiger partial charge is 0.416 e. The number of hydrogen-bond acceptors (Lipinski definition) is 5. The molecule has 9 heteroatoms. The standard InChI is InChI=1S/C14H15F3N4O2/c1-2-23-13(22)7-11-19-12(21-20-11)8-18-10-5-3-4-9(6-10)14(15,16)17/h3-6,18H,2,7-8H2,1H3,(H,19,20,21). The molecule has 0 spiro atoms. The third kappa shape index (κ3) is 4.97. The number of anilines is 1. The molecule has 6 nitrogen and oxygen atoms in total. The third-order valence-corrected chi connectivity index (χ3v) is 2.84. The molecule has 0 bridgehead atoms. The fourth-order valence-electron chi connectivity index (χ4n) is 1.83. The summed E-state index contributed by atoms with van der Waals surface area (Å²) in [4.78, 5) is 15.4. The number of halogens is 3. The van der Waals surface area contributed by atoms with E-state index >= 15 is 0 Å². The first kappa shape index (κ1) is 16.8. The third-order valence-electron chi connectivity index (χ3n) is 2.84. The van der Waals surface area contributed by atoms with Gasteiger partial charge in [0.25, 0.3) is 0 Å². The Morgan fingerprint density at radius 2 is 2.17 bits per heavy atom. The number of nitrogens with zero attached hydrogens (tertiary/aromatic N) is 2. The van der Waals surface area contributed by atoms with E-state index in [-0.39, 0.29) is 25.4 Å². The number of aromatic amines is 1. The average Bonchev–Trinajstić information content (AvgIpc) is 2.92. The number of H-pyrrole nitrogens is 1. The summed E-state index contributed by atoms with van der Waals surface area (Å²) >= 11 is 0. The van der Waals surface area contributed by atoms with Gasteiger partial charge in [-0.05, 0) is 25.1 Å². The van der Waals surface area contributed by atoms with Crippen LogP contribution in [0.1, 0.15) is 24.1 Å². The fourth-order valence-corrected chi connectivity index (χ4v) is 1.83. The van der Waals surface area contributed by atoms with Crippen LogP contribution < -0.4 is 5.32 Å². The highest BCUT2D eigenvalue weighted by molar-refractivity contribution is 5.71. The first-order valence-corrected chi connectivity index (χ1v) is 6.85. The summed E-state index contributed by atoms with van der Waals surface area (Å²) in [5.41, 5.74) is -0.425. The Bertz CT molecular complexity index is 670. The van der Waals surface area contributed by atoms with Crippen LogP contribution in [0, 0.1) is 0 Å². The molecule has 0 atom stereocenters. The van der Waals surface area contributed by atoms with E-state index in [4.69, 9.17) is 4.74 Å². The highest BCUT2D eigenvalue weighted by atomic mass is 19.4. The molecule has 0 radical (unpaired) electrons. The Balaban J connectivity index is 1.94. The molecular weight excluding hydrogens is 313 g/mol. The summed E-state index contributed by atoms with van der Waals surface area (Å²) in [6, 6.07) is 4.84. The van der Waals surface area contributed by atoms with Gasteiger partial charge in [0.2, 0.25) is 0 Å². The second-order valence-electron chi connectivity index (χ2n) is 4.61. The lowest BCUT2D eigenvalue weighted by molar-refractivity contribution is -0.142. The predicted octanol–water partition coefficient (Wildman–Crippen LogP) is 2.54. The molecule has 0 saturated heterocycles. The van der Waals surface area contributed by atoms with Crippen LogP contribution in [0.15, 0.2) is 24.3 Å². The zero-order chi connectivity index (χ0) is 16.9. The molecule has 2 aromatic rings. The first-order chi connectivity index (χ1) is 10.9. The maximum Gasteiger partial charge on any atom is 0.416 e. The van der Waals surface area contributed by atoms with Gasteiger partial charge >= 0.3 is 12.1 Å². The van der Waals surface area contributed by atoms with Crippen LogP contribution in [0.5, 0.6) is 0 Å². The van der Waals surface area contributed by atoms with E-state index in [1.54, 1.807) is 6.92 Å². The Kier molecular flexibility index (Phi) is 5.20. The van der Waals surface area contributed by atoms with E-state index in [9.17, 15) is 18.0 Å². The van der Waals surface area contributed by atoms with E-state index in [1.165, 1.54) is 12.1 Å². The predicted molar refractivity (Wildman–Crippen MR) is 75.5 cm³/mol. The van der Waals surface area contributed by atoms with Crippen molar-refractivity contribution in [3.05, 3.63) is 41.5 Å². The number of carbonyl (C=O) groups is 1. The first-order valence-electron chi connectivity index (χ1n) is 6.85. The van der Waals surface area contributed by atoms with E-state index in [0.29, 0.717) is 11.5 Å². The lowest BCUT2D eigenvalue weighted by Gasteiger charge is -2.09. The maximum absolute atomic E-state index is 12.6.